The lowest BCUT2D eigenvalue weighted by atomic mass is 10.2. The predicted molar refractivity (Wildman–Crippen MR) is 63.4 cm³/mol. The van der Waals surface area contributed by atoms with Crippen molar-refractivity contribution in [1.82, 2.24) is 9.88 Å². The second-order valence-electron chi connectivity index (χ2n) is 4.00. The van der Waals surface area contributed by atoms with Crippen molar-refractivity contribution in [3.05, 3.63) is 24.0 Å². The third-order valence-electron chi connectivity index (χ3n) is 2.95. The highest BCUT2D eigenvalue weighted by molar-refractivity contribution is 5.73. The first-order valence-corrected chi connectivity index (χ1v) is 5.57. The molecule has 1 aromatic rings. The van der Waals surface area contributed by atoms with Gasteiger partial charge in [0.25, 0.3) is 0 Å². The molecule has 0 N–H and O–H groups in total. The summed E-state index contributed by atoms with van der Waals surface area (Å²) >= 11 is 0. The SMILES string of the molecule is CC(=O)N1CCN(c2ccnc(C#N)c2)CC1. The molecule has 1 aromatic heterocycles. The van der Waals surface area contributed by atoms with Crippen LogP contribution in [0.15, 0.2) is 18.3 Å². The van der Waals surface area contributed by atoms with E-state index in [2.05, 4.69) is 9.88 Å². The number of pyridine rings is 1. The quantitative estimate of drug-likeness (QED) is 0.709. The molecule has 0 bridgehead atoms. The molecule has 2 rings (SSSR count). The van der Waals surface area contributed by atoms with E-state index < -0.39 is 0 Å². The molecule has 2 heterocycles. The van der Waals surface area contributed by atoms with Crippen LogP contribution >= 0.6 is 0 Å². The van der Waals surface area contributed by atoms with E-state index in [-0.39, 0.29) is 5.91 Å². The van der Waals surface area contributed by atoms with Crippen LogP contribution < -0.4 is 4.90 Å². The van der Waals surface area contributed by atoms with Crippen LogP contribution in [0.25, 0.3) is 0 Å². The average Bonchev–Trinajstić information content (AvgIpc) is 2.39. The Morgan fingerprint density at radius 2 is 2.12 bits per heavy atom. The zero-order valence-electron chi connectivity index (χ0n) is 9.76. The van der Waals surface area contributed by atoms with E-state index in [1.54, 1.807) is 19.2 Å². The first kappa shape index (κ1) is 11.4. The highest BCUT2D eigenvalue weighted by atomic mass is 16.2. The fourth-order valence-electron chi connectivity index (χ4n) is 1.96. The van der Waals surface area contributed by atoms with Crippen LogP contribution in [-0.4, -0.2) is 42.0 Å². The first-order valence-electron chi connectivity index (χ1n) is 5.57. The number of hydrogen-bond acceptors (Lipinski definition) is 4. The van der Waals surface area contributed by atoms with E-state index in [0.29, 0.717) is 5.69 Å². The lowest BCUT2D eigenvalue weighted by Crippen LogP contribution is -2.48. The fourth-order valence-corrected chi connectivity index (χ4v) is 1.96. The lowest BCUT2D eigenvalue weighted by Gasteiger charge is -2.35. The average molecular weight is 230 g/mol. The Morgan fingerprint density at radius 3 is 2.71 bits per heavy atom. The maximum Gasteiger partial charge on any atom is 0.219 e. The number of rotatable bonds is 1. The summed E-state index contributed by atoms with van der Waals surface area (Å²) in [5.41, 5.74) is 1.43. The summed E-state index contributed by atoms with van der Waals surface area (Å²) in [6.45, 7) is 4.66. The molecule has 0 aliphatic carbocycles. The summed E-state index contributed by atoms with van der Waals surface area (Å²) in [5.74, 6) is 0.122. The van der Waals surface area contributed by atoms with Crippen molar-refractivity contribution in [2.45, 2.75) is 6.92 Å². The van der Waals surface area contributed by atoms with Gasteiger partial charge in [0.05, 0.1) is 0 Å². The van der Waals surface area contributed by atoms with Gasteiger partial charge in [-0.05, 0) is 12.1 Å². The van der Waals surface area contributed by atoms with Gasteiger partial charge in [-0.2, -0.15) is 5.26 Å². The normalized spacial score (nSPS) is 15.5. The molecule has 1 aliphatic rings. The van der Waals surface area contributed by atoms with Crippen molar-refractivity contribution in [2.24, 2.45) is 0 Å². The van der Waals surface area contributed by atoms with Gasteiger partial charge in [0.1, 0.15) is 11.8 Å². The van der Waals surface area contributed by atoms with Crippen LogP contribution in [0.4, 0.5) is 5.69 Å². The smallest absolute Gasteiger partial charge is 0.219 e. The van der Waals surface area contributed by atoms with E-state index >= 15 is 0 Å². The molecule has 0 radical (unpaired) electrons. The number of amides is 1. The minimum absolute atomic E-state index is 0.122. The number of anilines is 1. The highest BCUT2D eigenvalue weighted by Gasteiger charge is 2.18. The highest BCUT2D eigenvalue weighted by Crippen LogP contribution is 2.16. The molecule has 1 saturated heterocycles. The predicted octanol–water partition coefficient (Wildman–Crippen LogP) is 0.622. The Hall–Kier alpha value is -2.09. The molecule has 17 heavy (non-hydrogen) atoms. The van der Waals surface area contributed by atoms with Gasteiger partial charge in [0, 0.05) is 45.0 Å². The number of carbonyl (C=O) groups is 1. The maximum absolute atomic E-state index is 11.2. The molecule has 5 nitrogen and oxygen atoms in total. The number of aromatic nitrogens is 1. The molecular weight excluding hydrogens is 216 g/mol. The van der Waals surface area contributed by atoms with Crippen molar-refractivity contribution in [2.75, 3.05) is 31.1 Å². The van der Waals surface area contributed by atoms with Gasteiger partial charge in [-0.25, -0.2) is 4.98 Å². The number of nitrogens with zero attached hydrogens (tertiary/aromatic N) is 4. The first-order chi connectivity index (χ1) is 8.20. The Kier molecular flexibility index (Phi) is 3.24. The van der Waals surface area contributed by atoms with Crippen molar-refractivity contribution in [3.8, 4) is 6.07 Å². The number of hydrogen-bond donors (Lipinski definition) is 0. The van der Waals surface area contributed by atoms with Crippen LogP contribution in [0, 0.1) is 11.3 Å². The van der Waals surface area contributed by atoms with Crippen LogP contribution in [0.3, 0.4) is 0 Å². The number of nitriles is 1. The van der Waals surface area contributed by atoms with E-state index in [0.717, 1.165) is 31.9 Å². The summed E-state index contributed by atoms with van der Waals surface area (Å²) in [6, 6.07) is 5.71. The molecule has 0 saturated carbocycles. The van der Waals surface area contributed by atoms with Gasteiger partial charge in [-0.3, -0.25) is 4.79 Å². The molecule has 5 heteroatoms. The summed E-state index contributed by atoms with van der Waals surface area (Å²) in [5, 5.41) is 8.79. The summed E-state index contributed by atoms with van der Waals surface area (Å²) in [4.78, 5) is 19.1. The number of piperazine rings is 1. The monoisotopic (exact) mass is 230 g/mol. The van der Waals surface area contributed by atoms with Gasteiger partial charge in [-0.15, -0.1) is 0 Å². The lowest BCUT2D eigenvalue weighted by molar-refractivity contribution is -0.129. The van der Waals surface area contributed by atoms with Crippen LogP contribution in [0.5, 0.6) is 0 Å². The maximum atomic E-state index is 11.2. The fraction of sp³-hybridized carbons (Fsp3) is 0.417. The van der Waals surface area contributed by atoms with Crippen molar-refractivity contribution in [3.63, 3.8) is 0 Å². The van der Waals surface area contributed by atoms with Crippen LogP contribution in [-0.2, 0) is 4.79 Å². The Labute approximate surface area is 100 Å². The third kappa shape index (κ3) is 2.53. The molecular formula is C12H14N4O. The molecule has 0 aromatic carbocycles. The third-order valence-corrected chi connectivity index (χ3v) is 2.95. The van der Waals surface area contributed by atoms with E-state index in [9.17, 15) is 4.79 Å². The molecule has 88 valence electrons. The number of carbonyl (C=O) groups excluding carboxylic acids is 1. The zero-order valence-corrected chi connectivity index (χ0v) is 9.76. The van der Waals surface area contributed by atoms with Crippen molar-refractivity contribution < 1.29 is 4.79 Å². The Bertz CT molecular complexity index is 458. The van der Waals surface area contributed by atoms with Crippen molar-refractivity contribution in [1.29, 1.82) is 5.26 Å². The van der Waals surface area contributed by atoms with Crippen LogP contribution in [0.2, 0.25) is 0 Å². The van der Waals surface area contributed by atoms with Gasteiger partial charge in [0.2, 0.25) is 5.91 Å². The second-order valence-corrected chi connectivity index (χ2v) is 4.00. The standard InChI is InChI=1S/C12H14N4O/c1-10(17)15-4-6-16(7-5-15)12-2-3-14-11(8-12)9-13/h2-3,8H,4-7H2,1H3. The summed E-state index contributed by atoms with van der Waals surface area (Å²) in [7, 11) is 0. The molecule has 0 atom stereocenters. The molecule has 1 amide bonds. The Morgan fingerprint density at radius 1 is 1.41 bits per heavy atom. The summed E-state index contributed by atoms with van der Waals surface area (Å²) < 4.78 is 0. The largest absolute Gasteiger partial charge is 0.368 e. The second kappa shape index (κ2) is 4.83. The Balaban J connectivity index is 2.05. The molecule has 1 fully saturated rings. The molecule has 0 spiro atoms. The summed E-state index contributed by atoms with van der Waals surface area (Å²) in [6.07, 6.45) is 1.64. The zero-order chi connectivity index (χ0) is 12.3. The van der Waals surface area contributed by atoms with Crippen LogP contribution in [0.1, 0.15) is 12.6 Å². The van der Waals surface area contributed by atoms with Gasteiger partial charge < -0.3 is 9.80 Å². The van der Waals surface area contributed by atoms with Gasteiger partial charge >= 0.3 is 0 Å². The van der Waals surface area contributed by atoms with E-state index in [4.69, 9.17) is 5.26 Å². The molecule has 0 unspecified atom stereocenters. The molecule has 1 aliphatic heterocycles. The van der Waals surface area contributed by atoms with Gasteiger partial charge in [-0.1, -0.05) is 0 Å². The van der Waals surface area contributed by atoms with E-state index in [1.165, 1.54) is 0 Å². The van der Waals surface area contributed by atoms with Gasteiger partial charge in [0.15, 0.2) is 0 Å². The minimum atomic E-state index is 0.122. The van der Waals surface area contributed by atoms with Crippen molar-refractivity contribution >= 4 is 11.6 Å². The topological polar surface area (TPSA) is 60.2 Å². The van der Waals surface area contributed by atoms with E-state index in [1.807, 2.05) is 17.0 Å². The minimum Gasteiger partial charge on any atom is -0.368 e.